The molecular weight excluding hydrogens is 418 g/mol. The predicted octanol–water partition coefficient (Wildman–Crippen LogP) is 4.89. The van der Waals surface area contributed by atoms with Crippen molar-refractivity contribution >= 4 is 29.0 Å². The van der Waals surface area contributed by atoms with Gasteiger partial charge in [-0.15, -0.1) is 0 Å². The lowest BCUT2D eigenvalue weighted by molar-refractivity contribution is -0.119. The van der Waals surface area contributed by atoms with Crippen LogP contribution in [0.5, 0.6) is 17.2 Å². The summed E-state index contributed by atoms with van der Waals surface area (Å²) in [6.45, 7) is 0. The van der Waals surface area contributed by atoms with Crippen molar-refractivity contribution in [2.24, 2.45) is 0 Å². The standard InChI is InChI=1S/C24H24ClNO5/c1-29-20-13-22(31-3)21(30-2)11-16(20)17-12-23(28)26(15-7-4-6-14(25)10-15)18-8-5-9-19(27)24(17)18/h4,6-7,10-11,13,17H,5,8-9,12H2,1-3H3. The fourth-order valence-electron chi connectivity index (χ4n) is 4.50. The van der Waals surface area contributed by atoms with E-state index in [1.54, 1.807) is 56.6 Å². The first-order valence-corrected chi connectivity index (χ1v) is 10.5. The third kappa shape index (κ3) is 3.76. The Morgan fingerprint density at radius 1 is 0.935 bits per heavy atom. The normalized spacial score (nSPS) is 18.7. The molecule has 1 aliphatic carbocycles. The molecule has 1 heterocycles. The Kier molecular flexibility index (Phi) is 5.92. The molecule has 0 spiro atoms. The number of ether oxygens (including phenoxy) is 3. The van der Waals surface area contributed by atoms with E-state index >= 15 is 0 Å². The monoisotopic (exact) mass is 441 g/mol. The SMILES string of the molecule is COc1cc(OC)c(C2CC(=O)N(c3cccc(Cl)c3)C3=C2C(=O)CCC3)cc1OC. The van der Waals surface area contributed by atoms with E-state index in [1.807, 2.05) is 6.07 Å². The fraction of sp³-hybridized carbons (Fsp3) is 0.333. The number of anilines is 1. The number of benzene rings is 2. The van der Waals surface area contributed by atoms with Crippen molar-refractivity contribution in [1.82, 2.24) is 0 Å². The van der Waals surface area contributed by atoms with E-state index in [0.29, 0.717) is 52.8 Å². The first-order chi connectivity index (χ1) is 15.0. The van der Waals surface area contributed by atoms with Gasteiger partial charge in [-0.2, -0.15) is 0 Å². The molecule has 0 saturated heterocycles. The van der Waals surface area contributed by atoms with Gasteiger partial charge in [0.25, 0.3) is 0 Å². The van der Waals surface area contributed by atoms with Gasteiger partial charge in [0.2, 0.25) is 5.91 Å². The lowest BCUT2D eigenvalue weighted by Crippen LogP contribution is -2.40. The number of amides is 1. The van der Waals surface area contributed by atoms with Gasteiger partial charge in [-0.1, -0.05) is 17.7 Å². The van der Waals surface area contributed by atoms with Gasteiger partial charge < -0.3 is 14.2 Å². The number of carbonyl (C=O) groups excluding carboxylic acids is 2. The van der Waals surface area contributed by atoms with Crippen molar-refractivity contribution in [1.29, 1.82) is 0 Å². The zero-order valence-electron chi connectivity index (χ0n) is 17.7. The molecule has 0 bridgehead atoms. The third-order valence-corrected chi connectivity index (χ3v) is 6.09. The largest absolute Gasteiger partial charge is 0.496 e. The summed E-state index contributed by atoms with van der Waals surface area (Å²) in [5.74, 6) is 1.15. The van der Waals surface area contributed by atoms with E-state index in [9.17, 15) is 9.59 Å². The van der Waals surface area contributed by atoms with Crippen LogP contribution in [0.25, 0.3) is 0 Å². The van der Waals surface area contributed by atoms with Crippen molar-refractivity contribution < 1.29 is 23.8 Å². The van der Waals surface area contributed by atoms with Crippen LogP contribution in [0, 0.1) is 0 Å². The van der Waals surface area contributed by atoms with E-state index in [1.165, 1.54) is 0 Å². The summed E-state index contributed by atoms with van der Waals surface area (Å²) >= 11 is 6.18. The minimum atomic E-state index is -0.416. The van der Waals surface area contributed by atoms with E-state index in [4.69, 9.17) is 25.8 Å². The maximum atomic E-state index is 13.4. The predicted molar refractivity (Wildman–Crippen MR) is 118 cm³/mol. The van der Waals surface area contributed by atoms with Gasteiger partial charge in [-0.05, 0) is 37.1 Å². The molecular formula is C24H24ClNO5. The molecule has 0 radical (unpaired) electrons. The van der Waals surface area contributed by atoms with Gasteiger partial charge in [0.1, 0.15) is 5.75 Å². The molecule has 0 fully saturated rings. The fourth-order valence-corrected chi connectivity index (χ4v) is 4.68. The highest BCUT2D eigenvalue weighted by atomic mass is 35.5. The summed E-state index contributed by atoms with van der Waals surface area (Å²) < 4.78 is 16.5. The number of rotatable bonds is 5. The Hall–Kier alpha value is -2.99. The Bertz CT molecular complexity index is 1080. The number of allylic oxidation sites excluding steroid dienone is 2. The second-order valence-corrected chi connectivity index (χ2v) is 7.99. The first kappa shape index (κ1) is 21.2. The molecule has 31 heavy (non-hydrogen) atoms. The Morgan fingerprint density at radius 3 is 2.32 bits per heavy atom. The van der Waals surface area contributed by atoms with Crippen LogP contribution in [0.1, 0.15) is 37.2 Å². The molecule has 2 aliphatic rings. The van der Waals surface area contributed by atoms with Crippen molar-refractivity contribution in [2.75, 3.05) is 26.2 Å². The van der Waals surface area contributed by atoms with Crippen LogP contribution >= 0.6 is 11.6 Å². The minimum absolute atomic E-state index is 0.0580. The highest BCUT2D eigenvalue weighted by molar-refractivity contribution is 6.31. The zero-order chi connectivity index (χ0) is 22.1. The van der Waals surface area contributed by atoms with Crippen LogP contribution in [0.3, 0.4) is 0 Å². The van der Waals surface area contributed by atoms with Crippen molar-refractivity contribution in [3.05, 3.63) is 58.3 Å². The molecule has 1 aliphatic heterocycles. The number of halogens is 1. The van der Waals surface area contributed by atoms with Crippen molar-refractivity contribution in [2.45, 2.75) is 31.6 Å². The van der Waals surface area contributed by atoms with E-state index in [-0.39, 0.29) is 18.1 Å². The number of methoxy groups -OCH3 is 3. The average Bonchev–Trinajstić information content (AvgIpc) is 2.77. The number of hydrogen-bond acceptors (Lipinski definition) is 5. The number of carbonyl (C=O) groups is 2. The summed E-state index contributed by atoms with van der Waals surface area (Å²) in [4.78, 5) is 28.1. The summed E-state index contributed by atoms with van der Waals surface area (Å²) in [7, 11) is 4.67. The molecule has 0 N–H and O–H groups in total. The Morgan fingerprint density at radius 2 is 1.65 bits per heavy atom. The smallest absolute Gasteiger partial charge is 0.232 e. The maximum absolute atomic E-state index is 13.4. The maximum Gasteiger partial charge on any atom is 0.232 e. The Balaban J connectivity index is 1.90. The van der Waals surface area contributed by atoms with Crippen LogP contribution in [0.4, 0.5) is 5.69 Å². The summed E-state index contributed by atoms with van der Waals surface area (Å²) in [6, 6.07) is 10.7. The zero-order valence-corrected chi connectivity index (χ0v) is 18.5. The van der Waals surface area contributed by atoms with Gasteiger partial charge in [0.05, 0.1) is 27.0 Å². The highest BCUT2D eigenvalue weighted by Crippen LogP contribution is 2.48. The molecule has 4 rings (SSSR count). The van der Waals surface area contributed by atoms with Crippen LogP contribution in [0.2, 0.25) is 5.02 Å². The molecule has 6 nitrogen and oxygen atoms in total. The lowest BCUT2D eigenvalue weighted by atomic mass is 9.76. The molecule has 0 saturated carbocycles. The second kappa shape index (κ2) is 8.63. The molecule has 2 aromatic carbocycles. The Labute approximate surface area is 186 Å². The van der Waals surface area contributed by atoms with Gasteiger partial charge >= 0.3 is 0 Å². The topological polar surface area (TPSA) is 65.1 Å². The van der Waals surface area contributed by atoms with Gasteiger partial charge in [0.15, 0.2) is 17.3 Å². The van der Waals surface area contributed by atoms with Crippen molar-refractivity contribution in [3.63, 3.8) is 0 Å². The average molecular weight is 442 g/mol. The molecule has 0 aromatic heterocycles. The number of nitrogens with zero attached hydrogens (tertiary/aromatic N) is 1. The van der Waals surface area contributed by atoms with Crippen LogP contribution in [0.15, 0.2) is 47.7 Å². The molecule has 1 atom stereocenters. The molecule has 2 aromatic rings. The van der Waals surface area contributed by atoms with Crippen LogP contribution < -0.4 is 19.1 Å². The molecule has 162 valence electrons. The summed E-state index contributed by atoms with van der Waals surface area (Å²) in [5, 5.41) is 0.540. The second-order valence-electron chi connectivity index (χ2n) is 7.55. The molecule has 1 amide bonds. The number of Topliss-reactive ketones (excluding diaryl/α,β-unsaturated/α-hetero) is 1. The van der Waals surface area contributed by atoms with Crippen LogP contribution in [-0.4, -0.2) is 33.0 Å². The quantitative estimate of drug-likeness (QED) is 0.660. The molecule has 7 heteroatoms. The van der Waals surface area contributed by atoms with E-state index in [0.717, 1.165) is 11.3 Å². The number of ketones is 1. The third-order valence-electron chi connectivity index (χ3n) is 5.85. The number of hydrogen-bond donors (Lipinski definition) is 0. The van der Waals surface area contributed by atoms with E-state index in [2.05, 4.69) is 0 Å². The van der Waals surface area contributed by atoms with E-state index < -0.39 is 5.92 Å². The van der Waals surface area contributed by atoms with Gasteiger partial charge in [-0.3, -0.25) is 14.5 Å². The summed E-state index contributed by atoms with van der Waals surface area (Å²) in [5.41, 5.74) is 2.83. The van der Waals surface area contributed by atoms with Crippen molar-refractivity contribution in [3.8, 4) is 17.2 Å². The summed E-state index contributed by atoms with van der Waals surface area (Å²) in [6.07, 6.45) is 1.95. The highest BCUT2D eigenvalue weighted by Gasteiger charge is 2.41. The molecule has 1 unspecified atom stereocenters. The van der Waals surface area contributed by atoms with Crippen LogP contribution in [-0.2, 0) is 9.59 Å². The van der Waals surface area contributed by atoms with Gasteiger partial charge in [0, 0.05) is 46.7 Å². The minimum Gasteiger partial charge on any atom is -0.496 e. The lowest BCUT2D eigenvalue weighted by Gasteiger charge is -2.38. The van der Waals surface area contributed by atoms with Gasteiger partial charge in [-0.25, -0.2) is 0 Å². The first-order valence-electron chi connectivity index (χ1n) is 10.1.